The van der Waals surface area contributed by atoms with E-state index in [0.29, 0.717) is 31.1 Å². The van der Waals surface area contributed by atoms with Crippen LogP contribution in [0.1, 0.15) is 30.7 Å². The van der Waals surface area contributed by atoms with E-state index in [9.17, 15) is 14.4 Å². The summed E-state index contributed by atoms with van der Waals surface area (Å²) in [6.07, 6.45) is 3.17. The lowest BCUT2D eigenvalue weighted by Gasteiger charge is -2.31. The third-order valence-electron chi connectivity index (χ3n) is 6.07. The Morgan fingerprint density at radius 3 is 2.55 bits per heavy atom. The lowest BCUT2D eigenvalue weighted by molar-refractivity contribution is 0.0815. The number of imidazole rings is 1. The number of nitrogens with one attached hydrogen (secondary N) is 1. The first-order valence-electron chi connectivity index (χ1n) is 10.5. The topological polar surface area (TPSA) is 102 Å². The molecule has 1 fully saturated rings. The van der Waals surface area contributed by atoms with Crippen LogP contribution < -0.4 is 11.2 Å². The van der Waals surface area contributed by atoms with Crippen molar-refractivity contribution in [1.29, 1.82) is 0 Å². The highest BCUT2D eigenvalue weighted by atomic mass is 16.6. The number of fused-ring (bicyclic) bond motifs is 1. The molecule has 1 aliphatic heterocycles. The number of benzene rings is 1. The number of rotatable bonds is 5. The van der Waals surface area contributed by atoms with Gasteiger partial charge in [0.2, 0.25) is 0 Å². The molecule has 0 radical (unpaired) electrons. The number of likely N-dealkylation sites (tertiary alicyclic amines) is 1. The van der Waals surface area contributed by atoms with E-state index in [1.54, 1.807) is 11.9 Å². The molecule has 1 amide bonds. The van der Waals surface area contributed by atoms with E-state index < -0.39 is 11.2 Å². The summed E-state index contributed by atoms with van der Waals surface area (Å²) in [4.78, 5) is 44.8. The summed E-state index contributed by atoms with van der Waals surface area (Å²) in [6, 6.07) is 9.66. The first-order chi connectivity index (χ1) is 14.9. The molecule has 3 heterocycles. The molecular formula is C22H27N5O4. The van der Waals surface area contributed by atoms with E-state index in [1.165, 1.54) is 4.57 Å². The fourth-order valence-corrected chi connectivity index (χ4v) is 4.18. The van der Waals surface area contributed by atoms with Crippen molar-refractivity contribution in [1.82, 2.24) is 24.0 Å². The van der Waals surface area contributed by atoms with E-state index in [-0.39, 0.29) is 18.2 Å². The van der Waals surface area contributed by atoms with Gasteiger partial charge in [0.25, 0.3) is 5.56 Å². The maximum Gasteiger partial charge on any atom is 0.410 e. The van der Waals surface area contributed by atoms with Crippen molar-refractivity contribution >= 4 is 17.3 Å². The lowest BCUT2D eigenvalue weighted by Crippen LogP contribution is -2.38. The predicted molar refractivity (Wildman–Crippen MR) is 116 cm³/mol. The fourth-order valence-electron chi connectivity index (χ4n) is 4.18. The van der Waals surface area contributed by atoms with Crippen LogP contribution in [-0.4, -0.2) is 43.2 Å². The molecule has 0 unspecified atom stereocenters. The highest BCUT2D eigenvalue weighted by molar-refractivity contribution is 5.70. The third-order valence-corrected chi connectivity index (χ3v) is 6.07. The summed E-state index contributed by atoms with van der Waals surface area (Å²) in [5.41, 5.74) is 0.890. The lowest BCUT2D eigenvalue weighted by atomic mass is 9.92. The predicted octanol–water partition coefficient (Wildman–Crippen LogP) is 1.94. The highest BCUT2D eigenvalue weighted by Crippen LogP contribution is 2.23. The Morgan fingerprint density at radius 2 is 1.84 bits per heavy atom. The van der Waals surface area contributed by atoms with E-state index in [4.69, 9.17) is 4.74 Å². The zero-order valence-corrected chi connectivity index (χ0v) is 17.8. The SMILES string of the molecule is Cn1c(CCC2CCN(C(=O)OCc3ccccc3)CC2)nc2c(=O)[nH]c(=O)n(C)c21. The van der Waals surface area contributed by atoms with Gasteiger partial charge in [-0.3, -0.25) is 14.3 Å². The maximum absolute atomic E-state index is 12.3. The van der Waals surface area contributed by atoms with Crippen LogP contribution in [0.25, 0.3) is 11.2 Å². The second-order valence-electron chi connectivity index (χ2n) is 8.09. The normalized spacial score (nSPS) is 14.8. The van der Waals surface area contributed by atoms with Gasteiger partial charge in [-0.2, -0.15) is 0 Å². The number of aryl methyl sites for hydroxylation is 3. The monoisotopic (exact) mass is 425 g/mol. The van der Waals surface area contributed by atoms with Gasteiger partial charge in [0.1, 0.15) is 18.1 Å². The molecular weight excluding hydrogens is 398 g/mol. The molecule has 0 bridgehead atoms. The van der Waals surface area contributed by atoms with Crippen LogP contribution in [-0.2, 0) is 31.9 Å². The highest BCUT2D eigenvalue weighted by Gasteiger charge is 2.24. The van der Waals surface area contributed by atoms with Crippen LogP contribution in [0.2, 0.25) is 0 Å². The summed E-state index contributed by atoms with van der Waals surface area (Å²) in [5.74, 6) is 1.26. The number of H-pyrrole nitrogens is 1. The van der Waals surface area contributed by atoms with Crippen molar-refractivity contribution in [3.63, 3.8) is 0 Å². The van der Waals surface area contributed by atoms with Crippen molar-refractivity contribution in [3.8, 4) is 0 Å². The number of nitrogens with zero attached hydrogens (tertiary/aromatic N) is 4. The average Bonchev–Trinajstić information content (AvgIpc) is 3.12. The van der Waals surface area contributed by atoms with Crippen molar-refractivity contribution in [2.45, 2.75) is 32.3 Å². The molecule has 0 spiro atoms. The number of hydrogen-bond acceptors (Lipinski definition) is 5. The van der Waals surface area contributed by atoms with Gasteiger partial charge in [-0.15, -0.1) is 0 Å². The van der Waals surface area contributed by atoms with Crippen LogP contribution in [0.15, 0.2) is 39.9 Å². The van der Waals surface area contributed by atoms with Crippen molar-refractivity contribution < 1.29 is 9.53 Å². The summed E-state index contributed by atoms with van der Waals surface area (Å²) < 4.78 is 8.66. The van der Waals surface area contributed by atoms with Gasteiger partial charge in [0.15, 0.2) is 5.52 Å². The van der Waals surface area contributed by atoms with Gasteiger partial charge in [-0.1, -0.05) is 30.3 Å². The molecule has 0 saturated carbocycles. The fraction of sp³-hybridized carbons (Fsp3) is 0.455. The molecule has 3 aromatic rings. The van der Waals surface area contributed by atoms with Crippen molar-refractivity contribution in [2.24, 2.45) is 20.0 Å². The largest absolute Gasteiger partial charge is 0.445 e. The Hall–Kier alpha value is -3.36. The first-order valence-corrected chi connectivity index (χ1v) is 10.5. The summed E-state index contributed by atoms with van der Waals surface area (Å²) >= 11 is 0. The number of carbonyl (C=O) groups is 1. The second kappa shape index (κ2) is 8.79. The molecule has 0 atom stereocenters. The molecule has 2 aromatic heterocycles. The van der Waals surface area contributed by atoms with E-state index in [0.717, 1.165) is 30.7 Å². The summed E-state index contributed by atoms with van der Waals surface area (Å²) in [5, 5.41) is 0. The smallest absolute Gasteiger partial charge is 0.410 e. The number of aromatic amines is 1. The van der Waals surface area contributed by atoms with E-state index >= 15 is 0 Å². The second-order valence-corrected chi connectivity index (χ2v) is 8.09. The van der Waals surface area contributed by atoms with Crippen LogP contribution in [0.5, 0.6) is 0 Å². The van der Waals surface area contributed by atoms with Crippen LogP contribution in [0, 0.1) is 5.92 Å². The van der Waals surface area contributed by atoms with Gasteiger partial charge < -0.3 is 14.2 Å². The Kier molecular flexibility index (Phi) is 5.92. The summed E-state index contributed by atoms with van der Waals surface area (Å²) in [6.45, 7) is 1.64. The minimum atomic E-state index is -0.456. The van der Waals surface area contributed by atoms with Crippen molar-refractivity contribution in [3.05, 3.63) is 62.6 Å². The number of aromatic nitrogens is 4. The summed E-state index contributed by atoms with van der Waals surface area (Å²) in [7, 11) is 3.45. The molecule has 9 nitrogen and oxygen atoms in total. The molecule has 4 rings (SSSR count). The first kappa shape index (κ1) is 20.9. The van der Waals surface area contributed by atoms with Crippen LogP contribution in [0.3, 0.4) is 0 Å². The van der Waals surface area contributed by atoms with E-state index in [2.05, 4.69) is 9.97 Å². The molecule has 0 aliphatic carbocycles. The molecule has 9 heteroatoms. The Bertz CT molecular complexity index is 1190. The number of ether oxygens (including phenoxy) is 1. The molecule has 164 valence electrons. The Morgan fingerprint density at radius 1 is 1.13 bits per heavy atom. The molecule has 1 N–H and O–H groups in total. The Balaban J connectivity index is 1.31. The molecule has 31 heavy (non-hydrogen) atoms. The minimum absolute atomic E-state index is 0.266. The maximum atomic E-state index is 12.3. The van der Waals surface area contributed by atoms with Gasteiger partial charge in [-0.25, -0.2) is 14.6 Å². The van der Waals surface area contributed by atoms with E-state index in [1.807, 2.05) is 41.9 Å². The molecule has 1 aromatic carbocycles. The average molecular weight is 425 g/mol. The van der Waals surface area contributed by atoms with Gasteiger partial charge in [-0.05, 0) is 30.7 Å². The van der Waals surface area contributed by atoms with Gasteiger partial charge in [0.05, 0.1) is 0 Å². The standard InChI is InChI=1S/C22H27N5O4/c1-25-17(23-18-19(28)24-21(29)26(2)20(18)25)9-8-15-10-12-27(13-11-15)22(30)31-14-16-6-4-3-5-7-16/h3-7,15H,8-14H2,1-2H3,(H,24,28,29). The van der Waals surface area contributed by atoms with Crippen LogP contribution in [0.4, 0.5) is 4.79 Å². The quantitative estimate of drug-likeness (QED) is 0.673. The number of amides is 1. The van der Waals surface area contributed by atoms with Gasteiger partial charge >= 0.3 is 11.8 Å². The molecule has 1 aliphatic rings. The number of piperidine rings is 1. The minimum Gasteiger partial charge on any atom is -0.445 e. The third kappa shape index (κ3) is 4.40. The zero-order chi connectivity index (χ0) is 22.0. The Labute approximate surface area is 179 Å². The van der Waals surface area contributed by atoms with Crippen LogP contribution >= 0.6 is 0 Å². The molecule has 1 saturated heterocycles. The number of carbonyl (C=O) groups excluding carboxylic acids is 1. The van der Waals surface area contributed by atoms with Gasteiger partial charge in [0, 0.05) is 33.6 Å². The zero-order valence-electron chi connectivity index (χ0n) is 17.8. The van der Waals surface area contributed by atoms with Crippen molar-refractivity contribution in [2.75, 3.05) is 13.1 Å². The number of hydrogen-bond donors (Lipinski definition) is 1.